The van der Waals surface area contributed by atoms with Gasteiger partial charge in [-0.25, -0.2) is 14.8 Å². The molecule has 3 N–H and O–H groups in total. The lowest BCUT2D eigenvalue weighted by Crippen LogP contribution is -2.19. The standard InChI is InChI=1S/C24H27N5O4S/c1-4-33-24(30)16-5-6-22(28-23(16)27-17(7-9-25)15-8-10-34-13-15)29-14-26-18-11-20(31-2)21(32-3)12-19(18)29/h5-6,8,10-14,17H,4,7,9,25H2,1-3H3,(H,27,28). The molecule has 0 fully saturated rings. The average molecular weight is 482 g/mol. The highest BCUT2D eigenvalue weighted by atomic mass is 32.1. The van der Waals surface area contributed by atoms with E-state index >= 15 is 0 Å². The van der Waals surface area contributed by atoms with Crippen molar-refractivity contribution < 1.29 is 19.0 Å². The summed E-state index contributed by atoms with van der Waals surface area (Å²) in [5.74, 6) is 1.74. The highest BCUT2D eigenvalue weighted by Crippen LogP contribution is 2.33. The van der Waals surface area contributed by atoms with E-state index in [4.69, 9.17) is 24.9 Å². The topological polar surface area (TPSA) is 114 Å². The molecule has 3 aromatic heterocycles. The van der Waals surface area contributed by atoms with Gasteiger partial charge < -0.3 is 25.3 Å². The maximum absolute atomic E-state index is 12.7. The molecule has 0 spiro atoms. The first-order chi connectivity index (χ1) is 16.6. The van der Waals surface area contributed by atoms with Crippen LogP contribution < -0.4 is 20.5 Å². The smallest absolute Gasteiger partial charge is 0.341 e. The minimum atomic E-state index is -0.442. The van der Waals surface area contributed by atoms with Crippen LogP contribution >= 0.6 is 11.3 Å². The van der Waals surface area contributed by atoms with Gasteiger partial charge in [0.15, 0.2) is 11.5 Å². The number of pyridine rings is 1. The van der Waals surface area contributed by atoms with Crippen molar-refractivity contribution >= 4 is 34.2 Å². The molecular formula is C24H27N5O4S. The number of fused-ring (bicyclic) bond motifs is 1. The molecule has 0 radical (unpaired) electrons. The Labute approximate surface area is 201 Å². The fourth-order valence-electron chi connectivity index (χ4n) is 3.71. The summed E-state index contributed by atoms with van der Waals surface area (Å²) in [6.45, 7) is 2.52. The van der Waals surface area contributed by atoms with Crippen LogP contribution in [0, 0.1) is 0 Å². The number of benzene rings is 1. The van der Waals surface area contributed by atoms with Crippen LogP contribution in [0.25, 0.3) is 16.9 Å². The Kier molecular flexibility index (Phi) is 7.29. The maximum atomic E-state index is 12.7. The number of methoxy groups -OCH3 is 2. The van der Waals surface area contributed by atoms with Crippen molar-refractivity contribution in [2.45, 2.75) is 19.4 Å². The predicted molar refractivity (Wildman–Crippen MR) is 132 cm³/mol. The molecule has 0 aliphatic heterocycles. The number of nitrogens with two attached hydrogens (primary N) is 1. The SMILES string of the molecule is CCOC(=O)c1ccc(-n2cnc3cc(OC)c(OC)cc32)nc1NC(CCN)c1ccsc1. The van der Waals surface area contributed by atoms with E-state index in [1.165, 1.54) is 0 Å². The number of esters is 1. The Morgan fingerprint density at radius 1 is 1.21 bits per heavy atom. The molecular weight excluding hydrogens is 454 g/mol. The Balaban J connectivity index is 1.80. The fraction of sp³-hybridized carbons (Fsp3) is 0.292. The number of hydrogen-bond donors (Lipinski definition) is 2. The van der Waals surface area contributed by atoms with E-state index in [9.17, 15) is 4.79 Å². The number of ether oxygens (including phenoxy) is 3. The molecule has 34 heavy (non-hydrogen) atoms. The van der Waals surface area contributed by atoms with Crippen LogP contribution in [0.2, 0.25) is 0 Å². The van der Waals surface area contributed by atoms with Crippen molar-refractivity contribution in [2.24, 2.45) is 5.73 Å². The zero-order valence-electron chi connectivity index (χ0n) is 19.3. The van der Waals surface area contributed by atoms with E-state index in [-0.39, 0.29) is 12.6 Å². The number of hydrogen-bond acceptors (Lipinski definition) is 9. The molecule has 0 saturated heterocycles. The van der Waals surface area contributed by atoms with E-state index in [1.54, 1.807) is 50.9 Å². The van der Waals surface area contributed by atoms with Crippen molar-refractivity contribution in [3.8, 4) is 17.3 Å². The third kappa shape index (κ3) is 4.68. The van der Waals surface area contributed by atoms with Gasteiger partial charge in [0.05, 0.1) is 37.9 Å². The monoisotopic (exact) mass is 481 g/mol. The highest BCUT2D eigenvalue weighted by molar-refractivity contribution is 7.08. The second-order valence-corrected chi connectivity index (χ2v) is 8.21. The lowest BCUT2D eigenvalue weighted by Gasteiger charge is -2.20. The van der Waals surface area contributed by atoms with Gasteiger partial charge in [0.2, 0.25) is 0 Å². The third-order valence-corrected chi connectivity index (χ3v) is 6.09. The first-order valence-electron chi connectivity index (χ1n) is 10.9. The first-order valence-corrected chi connectivity index (χ1v) is 11.8. The molecule has 178 valence electrons. The number of anilines is 1. The summed E-state index contributed by atoms with van der Waals surface area (Å²) >= 11 is 1.60. The summed E-state index contributed by atoms with van der Waals surface area (Å²) in [6, 6.07) is 9.06. The van der Waals surface area contributed by atoms with Gasteiger partial charge in [-0.3, -0.25) is 4.57 Å². The number of nitrogens with one attached hydrogen (secondary N) is 1. The molecule has 0 aliphatic rings. The molecule has 10 heteroatoms. The van der Waals surface area contributed by atoms with Crippen LogP contribution in [0.3, 0.4) is 0 Å². The Morgan fingerprint density at radius 2 is 2.00 bits per heavy atom. The summed E-state index contributed by atoms with van der Waals surface area (Å²) in [6.07, 6.45) is 2.35. The number of carbonyl (C=O) groups excluding carboxylic acids is 1. The molecule has 4 aromatic rings. The second kappa shape index (κ2) is 10.5. The van der Waals surface area contributed by atoms with E-state index in [1.807, 2.05) is 28.1 Å². The zero-order chi connectivity index (χ0) is 24.1. The van der Waals surface area contributed by atoms with E-state index in [0.717, 1.165) is 16.6 Å². The molecule has 0 amide bonds. The summed E-state index contributed by atoms with van der Waals surface area (Å²) in [5.41, 5.74) is 8.82. The lowest BCUT2D eigenvalue weighted by atomic mass is 10.1. The van der Waals surface area contributed by atoms with Crippen molar-refractivity contribution in [3.05, 3.63) is 58.5 Å². The van der Waals surface area contributed by atoms with Gasteiger partial charge >= 0.3 is 5.97 Å². The minimum absolute atomic E-state index is 0.101. The van der Waals surface area contributed by atoms with Crippen LogP contribution in [0.1, 0.15) is 35.3 Å². The van der Waals surface area contributed by atoms with E-state index < -0.39 is 5.97 Å². The molecule has 0 aliphatic carbocycles. The molecule has 3 heterocycles. The Bertz CT molecular complexity index is 1270. The predicted octanol–water partition coefficient (Wildman–Crippen LogP) is 4.18. The molecule has 1 unspecified atom stereocenters. The van der Waals surface area contributed by atoms with Crippen molar-refractivity contribution in [1.29, 1.82) is 0 Å². The number of aromatic nitrogens is 3. The second-order valence-electron chi connectivity index (χ2n) is 7.43. The summed E-state index contributed by atoms with van der Waals surface area (Å²) in [4.78, 5) is 22.0. The summed E-state index contributed by atoms with van der Waals surface area (Å²) < 4.78 is 17.9. The van der Waals surface area contributed by atoms with Gasteiger partial charge in [-0.2, -0.15) is 11.3 Å². The van der Waals surface area contributed by atoms with E-state index in [2.05, 4.69) is 15.7 Å². The van der Waals surface area contributed by atoms with Crippen LogP contribution in [0.5, 0.6) is 11.5 Å². The molecule has 1 atom stereocenters. The number of imidazole rings is 1. The van der Waals surface area contributed by atoms with Gasteiger partial charge in [-0.1, -0.05) is 0 Å². The van der Waals surface area contributed by atoms with Crippen molar-refractivity contribution in [1.82, 2.24) is 14.5 Å². The molecule has 0 bridgehead atoms. The van der Waals surface area contributed by atoms with Gasteiger partial charge in [0, 0.05) is 12.1 Å². The van der Waals surface area contributed by atoms with Crippen molar-refractivity contribution in [2.75, 3.05) is 32.7 Å². The third-order valence-electron chi connectivity index (χ3n) is 5.39. The maximum Gasteiger partial charge on any atom is 0.341 e. The number of thiophene rings is 1. The van der Waals surface area contributed by atoms with Gasteiger partial charge in [0.25, 0.3) is 0 Å². The van der Waals surface area contributed by atoms with Crippen LogP contribution in [0.4, 0.5) is 5.82 Å². The number of carbonyl (C=O) groups is 1. The molecule has 4 rings (SSSR count). The van der Waals surface area contributed by atoms with Gasteiger partial charge in [-0.05, 0) is 54.4 Å². The average Bonchev–Trinajstić information content (AvgIpc) is 3.53. The van der Waals surface area contributed by atoms with E-state index in [0.29, 0.717) is 41.7 Å². The molecule has 1 aromatic carbocycles. The Morgan fingerprint density at radius 3 is 2.68 bits per heavy atom. The van der Waals surface area contributed by atoms with Gasteiger partial charge in [-0.15, -0.1) is 0 Å². The summed E-state index contributed by atoms with van der Waals surface area (Å²) in [5, 5.41) is 7.49. The zero-order valence-corrected chi connectivity index (χ0v) is 20.1. The quantitative estimate of drug-likeness (QED) is 0.324. The largest absolute Gasteiger partial charge is 0.493 e. The van der Waals surface area contributed by atoms with Crippen LogP contribution in [0.15, 0.2) is 47.4 Å². The first kappa shape index (κ1) is 23.5. The highest BCUT2D eigenvalue weighted by Gasteiger charge is 2.21. The minimum Gasteiger partial charge on any atom is -0.493 e. The Hall–Kier alpha value is -3.63. The van der Waals surface area contributed by atoms with Crippen LogP contribution in [-0.2, 0) is 4.74 Å². The van der Waals surface area contributed by atoms with Crippen molar-refractivity contribution in [3.63, 3.8) is 0 Å². The number of nitrogens with zero attached hydrogens (tertiary/aromatic N) is 3. The van der Waals surface area contributed by atoms with Gasteiger partial charge in [0.1, 0.15) is 23.5 Å². The fourth-order valence-corrected chi connectivity index (χ4v) is 4.43. The normalized spacial score (nSPS) is 11.9. The lowest BCUT2D eigenvalue weighted by molar-refractivity contribution is 0.0527. The van der Waals surface area contributed by atoms with Crippen LogP contribution in [-0.4, -0.2) is 47.9 Å². The molecule has 0 saturated carbocycles. The molecule has 9 nitrogen and oxygen atoms in total. The summed E-state index contributed by atoms with van der Waals surface area (Å²) in [7, 11) is 3.17. The number of rotatable bonds is 10.